The van der Waals surface area contributed by atoms with Crippen molar-refractivity contribution in [3.63, 3.8) is 0 Å². The quantitative estimate of drug-likeness (QED) is 0.533. The molecule has 1 heterocycles. The molecule has 0 aliphatic carbocycles. The average Bonchev–Trinajstić information content (AvgIpc) is 2.99. The number of nitrogens with one attached hydrogen (secondary N) is 1. The fourth-order valence-electron chi connectivity index (χ4n) is 2.64. The van der Waals surface area contributed by atoms with Crippen LogP contribution in [0.25, 0.3) is 31.6 Å². The Morgan fingerprint density at radius 2 is 1.87 bits per heavy atom. The molecule has 4 aromatic rings. The molecule has 0 atom stereocenters. The van der Waals surface area contributed by atoms with Gasteiger partial charge >= 0.3 is 10.1 Å². The van der Waals surface area contributed by atoms with Crippen LogP contribution in [0.4, 0.5) is 0 Å². The molecule has 3 nitrogen and oxygen atoms in total. The van der Waals surface area contributed by atoms with E-state index in [9.17, 15) is 5.11 Å². The Bertz CT molecular complexity index is 997. The van der Waals surface area contributed by atoms with Gasteiger partial charge in [0.1, 0.15) is 10.4 Å². The van der Waals surface area contributed by atoms with Crippen LogP contribution in [-0.4, -0.2) is 17.2 Å². The van der Waals surface area contributed by atoms with Crippen LogP contribution in [0.2, 0.25) is 0 Å². The average molecular weight is 316 g/mol. The van der Waals surface area contributed by atoms with Crippen LogP contribution in [0, 0.1) is 0 Å². The summed E-state index contributed by atoms with van der Waals surface area (Å²) in [6, 6.07) is 17.6. The Kier molecular flexibility index (Phi) is 4.03. The molecular formula is C18H13BeNO2S+2. The van der Waals surface area contributed by atoms with Crippen LogP contribution >= 0.6 is 11.3 Å². The zero-order valence-electron chi connectivity index (χ0n) is 12.6. The van der Waals surface area contributed by atoms with Gasteiger partial charge < -0.3 is 9.84 Å². The Morgan fingerprint density at radius 3 is 2.65 bits per heavy atom. The molecule has 0 saturated carbocycles. The molecule has 0 amide bonds. The van der Waals surface area contributed by atoms with Crippen molar-refractivity contribution >= 4 is 42.4 Å². The molecular weight excluding hydrogens is 303 g/mol. The van der Waals surface area contributed by atoms with Gasteiger partial charge in [0, 0.05) is 17.0 Å². The Morgan fingerprint density at radius 1 is 1.04 bits per heavy atom. The second-order valence-corrected chi connectivity index (χ2v) is 6.10. The van der Waals surface area contributed by atoms with Gasteiger partial charge in [0.25, 0.3) is 5.01 Å². The number of hydrogen-bond acceptors (Lipinski definition) is 3. The van der Waals surface area contributed by atoms with Gasteiger partial charge in [-0.3, -0.25) is 0 Å². The number of thiazole rings is 1. The number of fused-ring (bicyclic) bond motifs is 3. The summed E-state index contributed by atoms with van der Waals surface area (Å²) in [7, 11) is 1.56. The molecule has 0 unspecified atom stereocenters. The third kappa shape index (κ3) is 2.56. The fourth-order valence-corrected chi connectivity index (χ4v) is 3.81. The zero-order chi connectivity index (χ0) is 15.1. The van der Waals surface area contributed by atoms with E-state index in [1.54, 1.807) is 18.4 Å². The molecule has 0 spiro atoms. The maximum Gasteiger partial charge on any atom is 2.00 e. The normalized spacial score (nSPS) is 10.7. The van der Waals surface area contributed by atoms with Crippen LogP contribution in [-0.2, 0) is 0 Å². The second-order valence-electron chi connectivity index (χ2n) is 5.08. The number of ether oxygens (including phenoxy) is 1. The van der Waals surface area contributed by atoms with Gasteiger partial charge in [-0.05, 0) is 29.7 Å². The third-order valence-corrected chi connectivity index (χ3v) is 4.94. The molecule has 108 valence electrons. The first-order valence-electron chi connectivity index (χ1n) is 6.95. The summed E-state index contributed by atoms with van der Waals surface area (Å²) in [5.74, 6) is 0.548. The van der Waals surface area contributed by atoms with Crippen molar-refractivity contribution in [2.75, 3.05) is 7.11 Å². The number of rotatable bonds is 2. The van der Waals surface area contributed by atoms with E-state index >= 15 is 0 Å². The molecule has 0 aliphatic rings. The van der Waals surface area contributed by atoms with Gasteiger partial charge in [-0.25, -0.2) is 0 Å². The smallest absolute Gasteiger partial charge is 0.872 e. The Hall–Kier alpha value is -2.42. The fraction of sp³-hybridized carbons (Fsp3) is 0.0556. The van der Waals surface area contributed by atoms with E-state index in [4.69, 9.17) is 4.74 Å². The van der Waals surface area contributed by atoms with Gasteiger partial charge in [-0.15, -0.1) is 0 Å². The first kappa shape index (κ1) is 15.5. The predicted molar refractivity (Wildman–Crippen MR) is 93.1 cm³/mol. The maximum atomic E-state index is 12.2. The molecule has 1 N–H and O–H groups in total. The summed E-state index contributed by atoms with van der Waals surface area (Å²) >= 11 is 1.61. The molecule has 5 heteroatoms. The van der Waals surface area contributed by atoms with E-state index in [0.717, 1.165) is 10.5 Å². The minimum atomic E-state index is -0.0357. The predicted octanol–water partition coefficient (Wildman–Crippen LogP) is 3.24. The largest absolute Gasteiger partial charge is 2.00 e. The molecule has 1 aromatic heterocycles. The number of methoxy groups -OCH3 is 1. The molecule has 0 saturated heterocycles. The molecule has 0 fully saturated rings. The molecule has 0 aliphatic heterocycles. The van der Waals surface area contributed by atoms with Gasteiger partial charge in [0.05, 0.1) is 7.11 Å². The summed E-state index contributed by atoms with van der Waals surface area (Å²) in [5, 5.41) is 15.5. The van der Waals surface area contributed by atoms with E-state index < -0.39 is 0 Å². The second kappa shape index (κ2) is 5.99. The molecule has 3 aromatic carbocycles. The number of aromatic amines is 1. The Balaban J connectivity index is 0.00000156. The van der Waals surface area contributed by atoms with Gasteiger partial charge in [0.2, 0.25) is 5.52 Å². The van der Waals surface area contributed by atoms with Crippen LogP contribution < -0.4 is 14.8 Å². The summed E-state index contributed by atoms with van der Waals surface area (Å²) in [6.07, 6.45) is 0. The number of benzene rings is 3. The minimum Gasteiger partial charge on any atom is -0.872 e. The number of hydrogen-bond donors (Lipinski definition) is 0. The zero-order valence-corrected chi connectivity index (χ0v) is 13.4. The maximum absolute atomic E-state index is 12.2. The summed E-state index contributed by atoms with van der Waals surface area (Å²) < 4.78 is 6.27. The van der Waals surface area contributed by atoms with Crippen molar-refractivity contribution in [3.8, 4) is 22.1 Å². The van der Waals surface area contributed by atoms with Gasteiger partial charge in [-0.2, -0.15) is 4.98 Å². The molecule has 0 bridgehead atoms. The standard InChI is InChI=1S/C18H13NO2S.Be/c1-21-12-7-8-14(16(20)10-12)18-19-15-9-6-11-4-2-3-5-13(11)17(15)22-18;/h2-10,20H,1H3;/q;+2. The van der Waals surface area contributed by atoms with Crippen molar-refractivity contribution in [2.45, 2.75) is 0 Å². The summed E-state index contributed by atoms with van der Waals surface area (Å²) in [4.78, 5) is 3.36. The van der Waals surface area contributed by atoms with E-state index in [2.05, 4.69) is 29.2 Å². The monoisotopic (exact) mass is 316 g/mol. The molecule has 23 heavy (non-hydrogen) atoms. The van der Waals surface area contributed by atoms with Crippen molar-refractivity contribution in [3.05, 3.63) is 54.6 Å². The Labute approximate surface area is 141 Å². The first-order chi connectivity index (χ1) is 10.8. The summed E-state index contributed by atoms with van der Waals surface area (Å²) in [5.41, 5.74) is 1.72. The van der Waals surface area contributed by atoms with Gasteiger partial charge in [0.15, 0.2) is 0 Å². The third-order valence-electron chi connectivity index (χ3n) is 3.77. The van der Waals surface area contributed by atoms with Crippen LogP contribution in [0.1, 0.15) is 0 Å². The topological polar surface area (TPSA) is 46.4 Å². The van der Waals surface area contributed by atoms with Gasteiger partial charge in [-0.1, -0.05) is 41.4 Å². The SMILES string of the molecule is COc1ccc(-c2[nH+]c3ccc4ccccc4c3s2)c([O-])c1.[Be+2]. The van der Waals surface area contributed by atoms with Crippen LogP contribution in [0.3, 0.4) is 0 Å². The minimum absolute atomic E-state index is 0. The van der Waals surface area contributed by atoms with Crippen molar-refractivity contribution in [1.82, 2.24) is 0 Å². The van der Waals surface area contributed by atoms with Crippen molar-refractivity contribution < 1.29 is 14.8 Å². The van der Waals surface area contributed by atoms with Crippen molar-refractivity contribution in [2.24, 2.45) is 0 Å². The number of aromatic nitrogens is 1. The molecule has 0 radical (unpaired) electrons. The van der Waals surface area contributed by atoms with E-state index in [1.807, 2.05) is 24.3 Å². The van der Waals surface area contributed by atoms with Crippen molar-refractivity contribution in [1.29, 1.82) is 0 Å². The van der Waals surface area contributed by atoms with E-state index in [1.165, 1.54) is 21.5 Å². The molecule has 4 rings (SSSR count). The van der Waals surface area contributed by atoms with Crippen LogP contribution in [0.5, 0.6) is 11.5 Å². The summed E-state index contributed by atoms with van der Waals surface area (Å²) in [6.45, 7) is 0. The number of H-pyrrole nitrogens is 1. The first-order valence-corrected chi connectivity index (χ1v) is 7.77. The van der Waals surface area contributed by atoms with E-state index in [0.29, 0.717) is 11.3 Å². The van der Waals surface area contributed by atoms with Crippen LogP contribution in [0.15, 0.2) is 54.6 Å². The van der Waals surface area contributed by atoms with E-state index in [-0.39, 0.29) is 15.9 Å².